The normalized spacial score (nSPS) is 10.2. The molecule has 0 atom stereocenters. The highest BCUT2D eigenvalue weighted by Crippen LogP contribution is 2.20. The average molecular weight is 392 g/mol. The Morgan fingerprint density at radius 3 is 2.60 bits per heavy atom. The van der Waals surface area contributed by atoms with Crippen molar-refractivity contribution in [2.24, 2.45) is 12.8 Å². The van der Waals surface area contributed by atoms with Gasteiger partial charge in [0.25, 0.3) is 5.56 Å². The fraction of sp³-hybridized carbons (Fsp3) is 0.562. The molecule has 0 spiro atoms. The molecule has 0 radical (unpaired) electrons. The maximum atomic E-state index is 12.0. The SMILES string of the molecule is Cc1nc2c(c(C)c1CCC(=O)NCCCCN)c(=O)[nH]n2C.Cl.Cl. The van der Waals surface area contributed by atoms with Gasteiger partial charge in [0, 0.05) is 25.7 Å². The molecule has 4 N–H and O–H groups in total. The number of hydrogen-bond donors (Lipinski definition) is 3. The van der Waals surface area contributed by atoms with Crippen LogP contribution in [-0.2, 0) is 18.3 Å². The molecule has 2 aromatic rings. The van der Waals surface area contributed by atoms with Crippen LogP contribution in [-0.4, -0.2) is 33.8 Å². The highest BCUT2D eigenvalue weighted by atomic mass is 35.5. The Kier molecular flexibility index (Phi) is 9.77. The molecule has 0 aliphatic carbocycles. The lowest BCUT2D eigenvalue weighted by Crippen LogP contribution is -2.25. The predicted octanol–water partition coefficient (Wildman–Crippen LogP) is 1.51. The molecule has 0 saturated carbocycles. The van der Waals surface area contributed by atoms with Crippen molar-refractivity contribution in [3.63, 3.8) is 0 Å². The Morgan fingerprint density at radius 1 is 1.28 bits per heavy atom. The molecule has 2 heterocycles. The number of carbonyl (C=O) groups excluding carboxylic acids is 1. The van der Waals surface area contributed by atoms with Crippen molar-refractivity contribution in [1.82, 2.24) is 20.1 Å². The summed E-state index contributed by atoms with van der Waals surface area (Å²) < 4.78 is 1.63. The van der Waals surface area contributed by atoms with E-state index in [9.17, 15) is 9.59 Å². The van der Waals surface area contributed by atoms with E-state index in [-0.39, 0.29) is 36.3 Å². The van der Waals surface area contributed by atoms with E-state index >= 15 is 0 Å². The number of nitrogens with one attached hydrogen (secondary N) is 2. The van der Waals surface area contributed by atoms with E-state index in [1.165, 1.54) is 0 Å². The second-order valence-electron chi connectivity index (χ2n) is 5.85. The van der Waals surface area contributed by atoms with Gasteiger partial charge in [-0.3, -0.25) is 19.4 Å². The van der Waals surface area contributed by atoms with E-state index in [2.05, 4.69) is 15.4 Å². The molecule has 0 aromatic carbocycles. The summed E-state index contributed by atoms with van der Waals surface area (Å²) in [5, 5.41) is 6.22. The Bertz CT molecular complexity index is 770. The summed E-state index contributed by atoms with van der Waals surface area (Å²) in [6.07, 6.45) is 2.78. The predicted molar refractivity (Wildman–Crippen MR) is 105 cm³/mol. The van der Waals surface area contributed by atoms with E-state index < -0.39 is 0 Å². The van der Waals surface area contributed by atoms with Gasteiger partial charge in [-0.25, -0.2) is 4.98 Å². The van der Waals surface area contributed by atoms with Crippen molar-refractivity contribution >= 4 is 41.8 Å². The zero-order valence-electron chi connectivity index (χ0n) is 14.8. The van der Waals surface area contributed by atoms with Gasteiger partial charge in [0.1, 0.15) is 0 Å². The van der Waals surface area contributed by atoms with Crippen LogP contribution in [0, 0.1) is 13.8 Å². The summed E-state index contributed by atoms with van der Waals surface area (Å²) in [6, 6.07) is 0. The van der Waals surface area contributed by atoms with Crippen LogP contribution in [0.15, 0.2) is 4.79 Å². The lowest BCUT2D eigenvalue weighted by molar-refractivity contribution is -0.121. The molecule has 2 rings (SSSR count). The zero-order valence-corrected chi connectivity index (χ0v) is 16.5. The van der Waals surface area contributed by atoms with Gasteiger partial charge in [0.2, 0.25) is 5.91 Å². The maximum Gasteiger partial charge on any atom is 0.273 e. The summed E-state index contributed by atoms with van der Waals surface area (Å²) in [5.41, 5.74) is 8.68. The molecule has 9 heteroatoms. The minimum atomic E-state index is -0.139. The second-order valence-corrected chi connectivity index (χ2v) is 5.85. The molecule has 0 fully saturated rings. The minimum absolute atomic E-state index is 0. The van der Waals surface area contributed by atoms with E-state index in [1.54, 1.807) is 11.7 Å². The first-order valence-electron chi connectivity index (χ1n) is 7.97. The molecule has 25 heavy (non-hydrogen) atoms. The van der Waals surface area contributed by atoms with Crippen LogP contribution < -0.4 is 16.6 Å². The standard InChI is InChI=1S/C16H25N5O2.2ClH/c1-10-12(6-7-13(22)18-9-5-4-8-17)11(2)19-15-14(10)16(23)20-21(15)3;;/h4-9,17H2,1-3H3,(H,18,22)(H,20,23);2*1H. The topological polar surface area (TPSA) is 106 Å². The van der Waals surface area contributed by atoms with Gasteiger partial charge in [0.05, 0.1) is 5.39 Å². The van der Waals surface area contributed by atoms with Gasteiger partial charge >= 0.3 is 0 Å². The Balaban J connectivity index is 0.00000288. The number of amides is 1. The summed E-state index contributed by atoms with van der Waals surface area (Å²) in [4.78, 5) is 28.4. The third-order valence-corrected chi connectivity index (χ3v) is 4.13. The van der Waals surface area contributed by atoms with Crippen LogP contribution in [0.2, 0.25) is 0 Å². The Labute approximate surface area is 159 Å². The molecule has 142 valence electrons. The van der Waals surface area contributed by atoms with Crippen molar-refractivity contribution in [2.75, 3.05) is 13.1 Å². The molecular weight excluding hydrogens is 365 g/mol. The van der Waals surface area contributed by atoms with Crippen LogP contribution >= 0.6 is 24.8 Å². The molecule has 0 saturated heterocycles. The number of unbranched alkanes of at least 4 members (excludes halogenated alkanes) is 1. The largest absolute Gasteiger partial charge is 0.356 e. The second kappa shape index (κ2) is 10.4. The smallest absolute Gasteiger partial charge is 0.273 e. The zero-order chi connectivity index (χ0) is 17.0. The summed E-state index contributed by atoms with van der Waals surface area (Å²) >= 11 is 0. The Morgan fingerprint density at radius 2 is 1.96 bits per heavy atom. The van der Waals surface area contributed by atoms with Gasteiger partial charge < -0.3 is 11.1 Å². The number of fused-ring (bicyclic) bond motifs is 1. The first-order valence-corrected chi connectivity index (χ1v) is 7.97. The van der Waals surface area contributed by atoms with Crippen molar-refractivity contribution < 1.29 is 4.79 Å². The van der Waals surface area contributed by atoms with Crippen LogP contribution in [0.4, 0.5) is 0 Å². The molecule has 7 nitrogen and oxygen atoms in total. The van der Waals surface area contributed by atoms with Crippen molar-refractivity contribution in [3.05, 3.63) is 27.2 Å². The molecule has 0 aliphatic heterocycles. The third kappa shape index (κ3) is 5.45. The number of halogens is 2. The van der Waals surface area contributed by atoms with Crippen molar-refractivity contribution in [1.29, 1.82) is 0 Å². The number of nitrogens with two attached hydrogens (primary N) is 1. The van der Waals surface area contributed by atoms with Crippen LogP contribution in [0.25, 0.3) is 11.0 Å². The van der Waals surface area contributed by atoms with Gasteiger partial charge in [-0.15, -0.1) is 24.8 Å². The number of carbonyl (C=O) groups is 1. The minimum Gasteiger partial charge on any atom is -0.356 e. The van der Waals surface area contributed by atoms with E-state index in [4.69, 9.17) is 5.73 Å². The van der Waals surface area contributed by atoms with Crippen LogP contribution in [0.1, 0.15) is 36.1 Å². The van der Waals surface area contributed by atoms with E-state index in [0.29, 0.717) is 37.0 Å². The number of nitrogens with zero attached hydrogens (tertiary/aromatic N) is 2. The average Bonchev–Trinajstić information content (AvgIpc) is 2.78. The Hall–Kier alpha value is -1.57. The number of hydrogen-bond acceptors (Lipinski definition) is 4. The molecule has 2 aromatic heterocycles. The lowest BCUT2D eigenvalue weighted by Gasteiger charge is -2.10. The van der Waals surface area contributed by atoms with Crippen LogP contribution in [0.3, 0.4) is 0 Å². The van der Waals surface area contributed by atoms with Crippen LogP contribution in [0.5, 0.6) is 0 Å². The van der Waals surface area contributed by atoms with Gasteiger partial charge in [-0.2, -0.15) is 0 Å². The van der Waals surface area contributed by atoms with Gasteiger partial charge in [-0.1, -0.05) is 0 Å². The number of pyridine rings is 1. The molecular formula is C16H27Cl2N5O2. The molecule has 0 unspecified atom stereocenters. The highest BCUT2D eigenvalue weighted by Gasteiger charge is 2.15. The number of aryl methyl sites for hydroxylation is 3. The number of aromatic nitrogens is 3. The fourth-order valence-electron chi connectivity index (χ4n) is 2.84. The van der Waals surface area contributed by atoms with E-state index in [1.807, 2.05) is 13.8 Å². The summed E-state index contributed by atoms with van der Waals surface area (Å²) in [5.74, 6) is 0.0166. The lowest BCUT2D eigenvalue weighted by atomic mass is 10.0. The summed E-state index contributed by atoms with van der Waals surface area (Å²) in [7, 11) is 1.77. The number of aromatic amines is 1. The molecule has 1 amide bonds. The molecule has 0 aliphatic rings. The first-order chi connectivity index (χ1) is 11.0. The summed E-state index contributed by atoms with van der Waals surface area (Å²) in [6.45, 7) is 5.13. The molecule has 0 bridgehead atoms. The van der Waals surface area contributed by atoms with Crippen molar-refractivity contribution in [3.8, 4) is 0 Å². The third-order valence-electron chi connectivity index (χ3n) is 4.13. The monoisotopic (exact) mass is 391 g/mol. The van der Waals surface area contributed by atoms with Gasteiger partial charge in [-0.05, 0) is 50.8 Å². The first kappa shape index (κ1) is 23.4. The van der Waals surface area contributed by atoms with Crippen molar-refractivity contribution in [2.45, 2.75) is 39.5 Å². The number of rotatable bonds is 7. The highest BCUT2D eigenvalue weighted by molar-refractivity contribution is 5.85. The van der Waals surface area contributed by atoms with E-state index in [0.717, 1.165) is 29.7 Å². The van der Waals surface area contributed by atoms with Gasteiger partial charge in [0.15, 0.2) is 5.65 Å². The maximum absolute atomic E-state index is 12.0. The number of H-pyrrole nitrogens is 1. The fourth-order valence-corrected chi connectivity index (χ4v) is 2.84. The quantitative estimate of drug-likeness (QED) is 0.621.